The van der Waals surface area contributed by atoms with Crippen molar-refractivity contribution in [3.8, 4) is 0 Å². The lowest BCUT2D eigenvalue weighted by Gasteiger charge is -2.08. The predicted octanol–water partition coefficient (Wildman–Crippen LogP) is 3.09. The molecule has 0 unspecified atom stereocenters. The molecular weight excluding hydrogens is 308 g/mol. The van der Waals surface area contributed by atoms with Crippen LogP contribution in [-0.4, -0.2) is 5.78 Å². The first kappa shape index (κ1) is 10.6. The number of carbonyl (C=O) groups is 1. The lowest BCUT2D eigenvalue weighted by atomic mass is 10.3. The zero-order valence-corrected chi connectivity index (χ0v) is 10.0. The second kappa shape index (κ2) is 4.30. The second-order valence-electron chi connectivity index (χ2n) is 3.39. The summed E-state index contributed by atoms with van der Waals surface area (Å²) in [4.78, 5) is 11.0. The van der Waals surface area contributed by atoms with Crippen molar-refractivity contribution in [2.75, 3.05) is 5.32 Å². The molecule has 78 valence electrons. The number of benzene rings is 1. The third-order valence-electron chi connectivity index (χ3n) is 2.20. The Hall–Kier alpha value is -0.910. The van der Waals surface area contributed by atoms with Gasteiger partial charge in [0.2, 0.25) is 0 Å². The Morgan fingerprint density at radius 2 is 2.13 bits per heavy atom. The van der Waals surface area contributed by atoms with Crippen molar-refractivity contribution in [2.45, 2.75) is 12.8 Å². The number of halogens is 2. The van der Waals surface area contributed by atoms with Gasteiger partial charge in [0.05, 0.1) is 5.69 Å². The maximum Gasteiger partial charge on any atom is 0.157 e. The summed E-state index contributed by atoms with van der Waals surface area (Å²) in [7, 11) is 0. The third-order valence-corrected chi connectivity index (χ3v) is 3.09. The maximum absolute atomic E-state index is 12.8. The van der Waals surface area contributed by atoms with Gasteiger partial charge in [0.1, 0.15) is 5.82 Å². The highest BCUT2D eigenvalue weighted by atomic mass is 127. The summed E-state index contributed by atoms with van der Waals surface area (Å²) < 4.78 is 13.6. The first-order chi connectivity index (χ1) is 7.15. The highest BCUT2D eigenvalue weighted by Gasteiger charge is 2.12. The van der Waals surface area contributed by atoms with Crippen LogP contribution in [0, 0.1) is 9.39 Å². The fraction of sp³-hybridized carbons (Fsp3) is 0.182. The predicted molar refractivity (Wildman–Crippen MR) is 65.1 cm³/mol. The van der Waals surface area contributed by atoms with E-state index in [4.69, 9.17) is 0 Å². The Labute approximate surface area is 101 Å². The van der Waals surface area contributed by atoms with Crippen LogP contribution in [-0.2, 0) is 4.79 Å². The summed E-state index contributed by atoms with van der Waals surface area (Å²) in [6.07, 6.45) is 2.92. The summed E-state index contributed by atoms with van der Waals surface area (Å²) in [6, 6.07) is 4.54. The van der Waals surface area contributed by atoms with Crippen LogP contribution in [0.5, 0.6) is 0 Å². The minimum atomic E-state index is -0.249. The van der Waals surface area contributed by atoms with Crippen LogP contribution < -0.4 is 5.32 Å². The Bertz CT molecular complexity index is 442. The Morgan fingerprint density at radius 3 is 2.73 bits per heavy atom. The highest BCUT2D eigenvalue weighted by Crippen LogP contribution is 2.23. The lowest BCUT2D eigenvalue weighted by molar-refractivity contribution is -0.114. The number of ketones is 1. The second-order valence-corrected chi connectivity index (χ2v) is 4.55. The SMILES string of the molecule is O=C1C=C(Nc2ccc(F)cc2I)CC1. The van der Waals surface area contributed by atoms with Crippen molar-refractivity contribution in [1.82, 2.24) is 0 Å². The van der Waals surface area contributed by atoms with E-state index in [1.807, 2.05) is 0 Å². The highest BCUT2D eigenvalue weighted by molar-refractivity contribution is 14.1. The topological polar surface area (TPSA) is 29.1 Å². The summed E-state index contributed by atoms with van der Waals surface area (Å²) in [5.74, 6) is -0.101. The Balaban J connectivity index is 2.18. The largest absolute Gasteiger partial charge is 0.358 e. The minimum absolute atomic E-state index is 0.148. The van der Waals surface area contributed by atoms with Gasteiger partial charge in [-0.05, 0) is 47.2 Å². The Kier molecular flexibility index (Phi) is 3.04. The van der Waals surface area contributed by atoms with E-state index in [1.165, 1.54) is 12.1 Å². The van der Waals surface area contributed by atoms with Crippen LogP contribution in [0.25, 0.3) is 0 Å². The average molecular weight is 317 g/mol. The molecule has 0 aromatic heterocycles. The molecular formula is C11H9FINO. The molecule has 0 aliphatic heterocycles. The van der Waals surface area contributed by atoms with E-state index >= 15 is 0 Å². The summed E-state index contributed by atoms with van der Waals surface area (Å²) >= 11 is 2.06. The van der Waals surface area contributed by atoms with Crippen molar-refractivity contribution in [3.63, 3.8) is 0 Å². The van der Waals surface area contributed by atoms with Crippen molar-refractivity contribution in [1.29, 1.82) is 0 Å². The van der Waals surface area contributed by atoms with Crippen LogP contribution in [0.15, 0.2) is 30.0 Å². The third kappa shape index (κ3) is 2.56. The van der Waals surface area contributed by atoms with E-state index in [2.05, 4.69) is 27.9 Å². The van der Waals surface area contributed by atoms with Gasteiger partial charge in [-0.25, -0.2) is 4.39 Å². The molecule has 0 saturated heterocycles. The van der Waals surface area contributed by atoms with Gasteiger partial charge in [-0.1, -0.05) is 0 Å². The minimum Gasteiger partial charge on any atom is -0.358 e. The molecule has 1 aromatic rings. The number of anilines is 1. The van der Waals surface area contributed by atoms with E-state index in [-0.39, 0.29) is 11.6 Å². The van der Waals surface area contributed by atoms with Crippen molar-refractivity contribution >= 4 is 34.1 Å². The van der Waals surface area contributed by atoms with Gasteiger partial charge < -0.3 is 5.32 Å². The standard InChI is InChI=1S/C11H9FINO/c12-7-1-4-11(10(13)5-7)14-8-2-3-9(15)6-8/h1,4-6,14H,2-3H2. The number of nitrogens with one attached hydrogen (secondary N) is 1. The molecule has 0 atom stereocenters. The van der Waals surface area contributed by atoms with Gasteiger partial charge in [-0.15, -0.1) is 0 Å². The van der Waals surface area contributed by atoms with E-state index in [0.717, 1.165) is 21.4 Å². The number of hydrogen-bond acceptors (Lipinski definition) is 2. The normalized spacial score (nSPS) is 15.3. The van der Waals surface area contributed by atoms with E-state index in [1.54, 1.807) is 12.1 Å². The monoisotopic (exact) mass is 317 g/mol. The van der Waals surface area contributed by atoms with E-state index in [9.17, 15) is 9.18 Å². The molecule has 1 aromatic carbocycles. The van der Waals surface area contributed by atoms with E-state index in [0.29, 0.717) is 6.42 Å². The van der Waals surface area contributed by atoms with Crippen LogP contribution in [0.1, 0.15) is 12.8 Å². The van der Waals surface area contributed by atoms with E-state index < -0.39 is 0 Å². The van der Waals surface area contributed by atoms with Gasteiger partial charge in [0.15, 0.2) is 5.78 Å². The summed E-state index contributed by atoms with van der Waals surface area (Å²) in [6.45, 7) is 0. The molecule has 0 amide bonds. The number of allylic oxidation sites excluding steroid dienone is 2. The van der Waals surface area contributed by atoms with Gasteiger partial charge in [-0.2, -0.15) is 0 Å². The number of carbonyl (C=O) groups excluding carboxylic acids is 1. The quantitative estimate of drug-likeness (QED) is 0.850. The van der Waals surface area contributed by atoms with Gasteiger partial charge in [-0.3, -0.25) is 4.79 Å². The molecule has 1 aliphatic carbocycles. The fourth-order valence-electron chi connectivity index (χ4n) is 1.46. The van der Waals surface area contributed by atoms with Crippen LogP contribution in [0.3, 0.4) is 0 Å². The van der Waals surface area contributed by atoms with Crippen LogP contribution in [0.4, 0.5) is 10.1 Å². The molecule has 1 N–H and O–H groups in total. The van der Waals surface area contributed by atoms with Crippen LogP contribution >= 0.6 is 22.6 Å². The average Bonchev–Trinajstić information content (AvgIpc) is 2.56. The lowest BCUT2D eigenvalue weighted by Crippen LogP contribution is -1.98. The van der Waals surface area contributed by atoms with Gasteiger partial charge in [0, 0.05) is 21.8 Å². The zero-order chi connectivity index (χ0) is 10.8. The molecule has 4 heteroatoms. The molecule has 2 rings (SSSR count). The zero-order valence-electron chi connectivity index (χ0n) is 7.89. The number of hydrogen-bond donors (Lipinski definition) is 1. The van der Waals surface area contributed by atoms with Crippen LogP contribution in [0.2, 0.25) is 0 Å². The maximum atomic E-state index is 12.8. The number of rotatable bonds is 2. The van der Waals surface area contributed by atoms with Crippen molar-refractivity contribution in [3.05, 3.63) is 39.4 Å². The summed E-state index contributed by atoms with van der Waals surface area (Å²) in [5.41, 5.74) is 1.75. The van der Waals surface area contributed by atoms with Gasteiger partial charge in [0.25, 0.3) is 0 Å². The molecule has 0 spiro atoms. The Morgan fingerprint density at radius 1 is 1.33 bits per heavy atom. The smallest absolute Gasteiger partial charge is 0.157 e. The molecule has 2 nitrogen and oxygen atoms in total. The molecule has 1 aliphatic rings. The van der Waals surface area contributed by atoms with Crippen molar-refractivity contribution in [2.24, 2.45) is 0 Å². The van der Waals surface area contributed by atoms with Crippen molar-refractivity contribution < 1.29 is 9.18 Å². The summed E-state index contributed by atoms with van der Waals surface area (Å²) in [5, 5.41) is 3.13. The van der Waals surface area contributed by atoms with Gasteiger partial charge >= 0.3 is 0 Å². The molecule has 15 heavy (non-hydrogen) atoms. The fourth-order valence-corrected chi connectivity index (χ4v) is 2.07. The molecule has 0 heterocycles. The molecule has 0 fully saturated rings. The first-order valence-corrected chi connectivity index (χ1v) is 5.68. The first-order valence-electron chi connectivity index (χ1n) is 4.60. The molecule has 0 bridgehead atoms. The molecule has 0 saturated carbocycles. The molecule has 0 radical (unpaired) electrons.